The highest BCUT2D eigenvalue weighted by Gasteiger charge is 2.73. The molecule has 13 heteroatoms. The Morgan fingerprint density at radius 2 is 1.87 bits per heavy atom. The fraction of sp³-hybridized carbons (Fsp3) is 0.360. The molecule has 6 rings (SSSR count). The van der Waals surface area contributed by atoms with E-state index in [-0.39, 0.29) is 49.5 Å². The van der Waals surface area contributed by atoms with Crippen LogP contribution in [0.25, 0.3) is 10.8 Å². The van der Waals surface area contributed by atoms with E-state index in [4.69, 9.17) is 5.73 Å². The van der Waals surface area contributed by atoms with Gasteiger partial charge in [0.05, 0.1) is 30.1 Å². The number of hydrogen-bond donors (Lipinski definition) is 7. The quantitative estimate of drug-likeness (QED) is 0.194. The molecule has 198 valence electrons. The average molecular weight is 521 g/mol. The van der Waals surface area contributed by atoms with E-state index in [0.717, 1.165) is 15.7 Å². The first-order valence-corrected chi connectivity index (χ1v) is 12.3. The number of urea groups is 1. The number of benzene rings is 2. The molecule has 0 radical (unpaired) electrons. The molecule has 8 N–H and O–H groups in total. The number of rotatable bonds is 4. The third-order valence-electron chi connectivity index (χ3n) is 7.79. The van der Waals surface area contributed by atoms with Crippen molar-refractivity contribution in [1.29, 1.82) is 0 Å². The maximum absolute atomic E-state index is 13.0. The molecule has 0 unspecified atom stereocenters. The predicted octanol–water partition coefficient (Wildman–Crippen LogP) is -1.10. The van der Waals surface area contributed by atoms with Crippen molar-refractivity contribution in [2.75, 3.05) is 18.4 Å². The van der Waals surface area contributed by atoms with Gasteiger partial charge in [0.25, 0.3) is 0 Å². The summed E-state index contributed by atoms with van der Waals surface area (Å²) in [5.41, 5.74) is 5.17. The van der Waals surface area contributed by atoms with E-state index in [9.17, 15) is 24.6 Å². The molecule has 4 heterocycles. The van der Waals surface area contributed by atoms with Crippen molar-refractivity contribution in [2.24, 2.45) is 10.7 Å². The normalized spacial score (nSPS) is 29.5. The molecular weight excluding hydrogens is 492 g/mol. The summed E-state index contributed by atoms with van der Waals surface area (Å²) < 4.78 is 0. The lowest BCUT2D eigenvalue weighted by atomic mass is 9.85. The van der Waals surface area contributed by atoms with Crippen LogP contribution >= 0.6 is 0 Å². The topological polar surface area (TPSA) is 185 Å². The summed E-state index contributed by atoms with van der Waals surface area (Å²) in [5.74, 6) is -2.96. The first-order chi connectivity index (χ1) is 18.1. The van der Waals surface area contributed by atoms with Crippen LogP contribution < -0.4 is 27.0 Å². The van der Waals surface area contributed by atoms with Crippen molar-refractivity contribution in [1.82, 2.24) is 25.8 Å². The summed E-state index contributed by atoms with van der Waals surface area (Å²) in [7, 11) is 0. The maximum Gasteiger partial charge on any atom is 0.319 e. The Morgan fingerprint density at radius 1 is 1.16 bits per heavy atom. The molecule has 4 atom stereocenters. The Kier molecular flexibility index (Phi) is 5.26. The minimum Gasteiger partial charge on any atom is -0.370 e. The smallest absolute Gasteiger partial charge is 0.319 e. The number of carbonyl (C=O) groups excluding carboxylic acids is 3. The standard InChI is InChI=1S/C25H28N8O5/c1-13-27-21-17(11-32-19(34)9-10-20(32)35)28-22(26)33-12-18(25(37,38)24(21,33)31-13)30-23(36)29-16-8-4-6-14-5-2-3-7-15(14)16/h2-8,17-18,21,27,31,37-38H,1,9-12H2,(H2,26,28)(H2,29,30,36)/t17-,18-,21-,24-/m0/s1. The Labute approximate surface area is 217 Å². The van der Waals surface area contributed by atoms with E-state index in [1.165, 1.54) is 4.90 Å². The Balaban J connectivity index is 1.27. The van der Waals surface area contributed by atoms with Gasteiger partial charge in [0, 0.05) is 24.8 Å². The largest absolute Gasteiger partial charge is 0.370 e. The molecule has 13 nitrogen and oxygen atoms in total. The molecule has 3 fully saturated rings. The number of aliphatic hydroxyl groups is 2. The number of guanidine groups is 1. The number of hydrogen-bond acceptors (Lipinski definition) is 10. The van der Waals surface area contributed by atoms with Crippen molar-refractivity contribution >= 4 is 40.3 Å². The Morgan fingerprint density at radius 3 is 2.63 bits per heavy atom. The average Bonchev–Trinajstić information content (AvgIpc) is 3.47. The van der Waals surface area contributed by atoms with E-state index in [0.29, 0.717) is 5.69 Å². The van der Waals surface area contributed by atoms with Crippen LogP contribution in [0.1, 0.15) is 12.8 Å². The number of likely N-dealkylation sites (tertiary alicyclic amines) is 1. The maximum atomic E-state index is 13.0. The van der Waals surface area contributed by atoms with Gasteiger partial charge < -0.3 is 42.1 Å². The lowest BCUT2D eigenvalue weighted by Crippen LogP contribution is -2.78. The predicted molar refractivity (Wildman–Crippen MR) is 137 cm³/mol. The second kappa shape index (κ2) is 8.33. The van der Waals surface area contributed by atoms with Crippen LogP contribution in [0.4, 0.5) is 10.5 Å². The summed E-state index contributed by atoms with van der Waals surface area (Å²) in [4.78, 5) is 44.7. The third kappa shape index (κ3) is 3.39. The summed E-state index contributed by atoms with van der Waals surface area (Å²) in [6.45, 7) is 3.71. The molecule has 0 aromatic heterocycles. The molecule has 2 aromatic rings. The lowest BCUT2D eigenvalue weighted by Gasteiger charge is -2.49. The van der Waals surface area contributed by atoms with E-state index in [2.05, 4.69) is 32.8 Å². The van der Waals surface area contributed by atoms with Gasteiger partial charge in [-0.1, -0.05) is 43.0 Å². The van der Waals surface area contributed by atoms with E-state index in [1.54, 1.807) is 6.07 Å². The summed E-state index contributed by atoms with van der Waals surface area (Å²) in [6, 6.07) is 9.55. The van der Waals surface area contributed by atoms with E-state index >= 15 is 0 Å². The molecule has 3 saturated heterocycles. The number of nitrogens with two attached hydrogens (primary N) is 1. The zero-order chi connectivity index (χ0) is 26.8. The van der Waals surface area contributed by atoms with Crippen LogP contribution in [0.5, 0.6) is 0 Å². The first kappa shape index (κ1) is 24.0. The molecular formula is C25H28N8O5. The Bertz CT molecular complexity index is 1390. The number of anilines is 1. The molecule has 4 amide bonds. The van der Waals surface area contributed by atoms with Crippen molar-refractivity contribution in [3.8, 4) is 0 Å². The highest BCUT2D eigenvalue weighted by Crippen LogP contribution is 2.44. The molecule has 38 heavy (non-hydrogen) atoms. The highest BCUT2D eigenvalue weighted by molar-refractivity contribution is 6.02. The van der Waals surface area contributed by atoms with Crippen LogP contribution in [0.2, 0.25) is 0 Å². The van der Waals surface area contributed by atoms with Gasteiger partial charge in [-0.2, -0.15) is 0 Å². The van der Waals surface area contributed by atoms with Crippen LogP contribution in [0, 0.1) is 0 Å². The van der Waals surface area contributed by atoms with Gasteiger partial charge in [0.2, 0.25) is 17.6 Å². The number of imide groups is 1. The third-order valence-corrected chi connectivity index (χ3v) is 7.79. The summed E-state index contributed by atoms with van der Waals surface area (Å²) in [5, 5.41) is 36.5. The molecule has 2 aromatic carbocycles. The zero-order valence-corrected chi connectivity index (χ0v) is 20.3. The number of nitrogens with one attached hydrogen (secondary N) is 4. The van der Waals surface area contributed by atoms with Gasteiger partial charge in [-0.15, -0.1) is 0 Å². The molecule has 0 aliphatic carbocycles. The van der Waals surface area contributed by atoms with Crippen LogP contribution in [-0.4, -0.2) is 86.5 Å². The van der Waals surface area contributed by atoms with Crippen LogP contribution in [0.3, 0.4) is 0 Å². The SMILES string of the molecule is C=C1N[C@H]2[C@H](CN3C(=O)CCC3=O)N=C(N)N3C[C@H](NC(=O)Nc4cccc5ccccc45)C(O)(O)[C@]23N1. The number of aliphatic imine (C=N–C) groups is 1. The first-order valence-electron chi connectivity index (χ1n) is 12.3. The van der Waals surface area contributed by atoms with Crippen LogP contribution in [-0.2, 0) is 9.59 Å². The molecule has 0 bridgehead atoms. The number of amides is 4. The van der Waals surface area contributed by atoms with E-state index in [1.807, 2.05) is 36.4 Å². The summed E-state index contributed by atoms with van der Waals surface area (Å²) in [6.07, 6.45) is 0.236. The second-order valence-corrected chi connectivity index (χ2v) is 9.96. The van der Waals surface area contributed by atoms with Crippen molar-refractivity contribution in [2.45, 2.75) is 42.4 Å². The van der Waals surface area contributed by atoms with Gasteiger partial charge in [-0.25, -0.2) is 9.79 Å². The molecule has 4 aliphatic heterocycles. The van der Waals surface area contributed by atoms with E-state index < -0.39 is 35.6 Å². The highest BCUT2D eigenvalue weighted by atomic mass is 16.5. The zero-order valence-electron chi connectivity index (χ0n) is 20.3. The van der Waals surface area contributed by atoms with Gasteiger partial charge >= 0.3 is 6.03 Å². The second-order valence-electron chi connectivity index (χ2n) is 9.96. The lowest BCUT2D eigenvalue weighted by molar-refractivity contribution is -0.231. The molecule has 0 saturated carbocycles. The van der Waals surface area contributed by atoms with Crippen molar-refractivity contribution in [3.05, 3.63) is 54.9 Å². The minimum atomic E-state index is -2.57. The number of fused-ring (bicyclic) bond motifs is 1. The summed E-state index contributed by atoms with van der Waals surface area (Å²) >= 11 is 0. The van der Waals surface area contributed by atoms with Crippen molar-refractivity contribution in [3.63, 3.8) is 0 Å². The van der Waals surface area contributed by atoms with Gasteiger partial charge in [0.1, 0.15) is 6.04 Å². The fourth-order valence-corrected chi connectivity index (χ4v) is 6.03. The van der Waals surface area contributed by atoms with Gasteiger partial charge in [-0.3, -0.25) is 14.5 Å². The Hall–Kier alpha value is -4.36. The van der Waals surface area contributed by atoms with Crippen molar-refractivity contribution < 1.29 is 24.6 Å². The van der Waals surface area contributed by atoms with Gasteiger partial charge in [0.15, 0.2) is 11.6 Å². The van der Waals surface area contributed by atoms with Crippen LogP contribution in [0.15, 0.2) is 59.9 Å². The number of carbonyl (C=O) groups is 3. The fourth-order valence-electron chi connectivity index (χ4n) is 6.03. The monoisotopic (exact) mass is 520 g/mol. The number of nitrogens with zero attached hydrogens (tertiary/aromatic N) is 3. The minimum absolute atomic E-state index is 0.0272. The van der Waals surface area contributed by atoms with Gasteiger partial charge in [-0.05, 0) is 11.5 Å². The molecule has 1 spiro atoms. The molecule has 4 aliphatic rings.